The summed E-state index contributed by atoms with van der Waals surface area (Å²) in [5.41, 5.74) is 5.67. The second-order valence-corrected chi connectivity index (χ2v) is 9.28. The van der Waals surface area contributed by atoms with Gasteiger partial charge in [-0.3, -0.25) is 14.2 Å². The number of anilines is 2. The van der Waals surface area contributed by atoms with Gasteiger partial charge in [0, 0.05) is 19.1 Å². The number of primary amides is 1. The molecule has 8 nitrogen and oxygen atoms in total. The van der Waals surface area contributed by atoms with Gasteiger partial charge in [0.05, 0.1) is 11.3 Å². The molecule has 3 N–H and O–H groups in total. The minimum atomic E-state index is -0.543. The van der Waals surface area contributed by atoms with Crippen LogP contribution in [0.2, 0.25) is 0 Å². The third kappa shape index (κ3) is 4.17. The normalized spacial score (nSPS) is 17.7. The maximum Gasteiger partial charge on any atom is 0.251 e. The number of carbonyl (C=O) groups excluding carboxylic acids is 2. The van der Waals surface area contributed by atoms with Crippen molar-refractivity contribution >= 4 is 45.9 Å². The summed E-state index contributed by atoms with van der Waals surface area (Å²) in [6.45, 7) is 4.30. The van der Waals surface area contributed by atoms with E-state index in [1.807, 2.05) is 0 Å². The first-order valence-corrected chi connectivity index (χ1v) is 11.4. The van der Waals surface area contributed by atoms with Crippen LogP contribution in [0, 0.1) is 5.92 Å². The van der Waals surface area contributed by atoms with Gasteiger partial charge in [0.2, 0.25) is 11.9 Å². The summed E-state index contributed by atoms with van der Waals surface area (Å²) in [4.78, 5) is 26.1. The van der Waals surface area contributed by atoms with Gasteiger partial charge in [-0.15, -0.1) is 21.5 Å². The van der Waals surface area contributed by atoms with Gasteiger partial charge in [-0.05, 0) is 43.0 Å². The zero-order valence-electron chi connectivity index (χ0n) is 15.8. The Hall–Kier alpha value is -2.07. The second-order valence-electron chi connectivity index (χ2n) is 7.42. The van der Waals surface area contributed by atoms with E-state index in [9.17, 15) is 9.59 Å². The molecule has 2 fully saturated rings. The smallest absolute Gasteiger partial charge is 0.251 e. The first-order chi connectivity index (χ1) is 13.5. The minimum Gasteiger partial charge on any atom is -0.366 e. The Balaban J connectivity index is 1.41. The summed E-state index contributed by atoms with van der Waals surface area (Å²) in [6, 6.07) is 2.05. The van der Waals surface area contributed by atoms with Crippen molar-refractivity contribution in [3.05, 3.63) is 17.0 Å². The molecular weight excluding hydrogens is 396 g/mol. The van der Waals surface area contributed by atoms with Crippen LogP contribution in [0.4, 0.5) is 10.9 Å². The number of nitrogens with zero attached hydrogens (tertiary/aromatic N) is 4. The van der Waals surface area contributed by atoms with Gasteiger partial charge in [-0.1, -0.05) is 18.7 Å². The van der Waals surface area contributed by atoms with E-state index in [0.717, 1.165) is 43.0 Å². The predicted octanol–water partition coefficient (Wildman–Crippen LogP) is 2.74. The lowest BCUT2D eigenvalue weighted by molar-refractivity contribution is -0.113. The van der Waals surface area contributed by atoms with Crippen molar-refractivity contribution in [1.82, 2.24) is 14.8 Å². The summed E-state index contributed by atoms with van der Waals surface area (Å²) < 4.78 is 2.20. The molecule has 1 aliphatic heterocycles. The van der Waals surface area contributed by atoms with Gasteiger partial charge < -0.3 is 16.0 Å². The fourth-order valence-electron chi connectivity index (χ4n) is 3.34. The topological polar surface area (TPSA) is 106 Å². The lowest BCUT2D eigenvalue weighted by atomic mass is 10.00. The van der Waals surface area contributed by atoms with Gasteiger partial charge in [0.15, 0.2) is 5.16 Å². The van der Waals surface area contributed by atoms with E-state index in [0.29, 0.717) is 16.6 Å². The molecule has 2 aromatic heterocycles. The molecule has 2 aliphatic rings. The molecule has 3 heterocycles. The van der Waals surface area contributed by atoms with E-state index in [4.69, 9.17) is 5.73 Å². The number of thiophene rings is 1. The molecule has 4 rings (SSSR count). The van der Waals surface area contributed by atoms with Crippen molar-refractivity contribution in [3.63, 3.8) is 0 Å². The highest BCUT2D eigenvalue weighted by atomic mass is 32.2. The van der Waals surface area contributed by atoms with Crippen molar-refractivity contribution in [2.45, 2.75) is 43.8 Å². The van der Waals surface area contributed by atoms with E-state index in [2.05, 4.69) is 31.9 Å². The van der Waals surface area contributed by atoms with Crippen LogP contribution in [0.5, 0.6) is 0 Å². The Morgan fingerprint density at radius 3 is 2.71 bits per heavy atom. The zero-order valence-corrected chi connectivity index (χ0v) is 17.4. The average Bonchev–Trinajstić information content (AvgIpc) is 3.24. The van der Waals surface area contributed by atoms with Crippen molar-refractivity contribution in [2.75, 3.05) is 29.1 Å². The maximum atomic E-state index is 12.4. The fraction of sp³-hybridized carbons (Fsp3) is 0.556. The maximum absolute atomic E-state index is 12.4. The molecule has 150 valence electrons. The summed E-state index contributed by atoms with van der Waals surface area (Å²) in [5.74, 6) is 1.17. The van der Waals surface area contributed by atoms with E-state index < -0.39 is 5.91 Å². The first-order valence-electron chi connectivity index (χ1n) is 9.52. The highest BCUT2D eigenvalue weighted by Gasteiger charge is 2.32. The number of amides is 2. The molecule has 28 heavy (non-hydrogen) atoms. The van der Waals surface area contributed by atoms with Crippen LogP contribution in [0.25, 0.3) is 0 Å². The number of nitrogens with one attached hydrogen (secondary N) is 1. The lowest BCUT2D eigenvalue weighted by Gasteiger charge is -2.31. The van der Waals surface area contributed by atoms with E-state index in [-0.39, 0.29) is 11.7 Å². The first kappa shape index (κ1) is 19.3. The predicted molar refractivity (Wildman–Crippen MR) is 111 cm³/mol. The largest absolute Gasteiger partial charge is 0.366 e. The standard InChI is InChI=1S/C18H24N6O2S2/c1-11-4-7-23(8-5-11)17-21-22-18(24(17)12-2-3-12)28-10-14(25)20-16-13(15(19)26)6-9-27-16/h6,9,11-12H,2-5,7-8,10H2,1H3,(H2,19,26)(H,20,25). The number of rotatable bonds is 7. The zero-order chi connectivity index (χ0) is 19.7. The number of hydrogen-bond acceptors (Lipinski definition) is 7. The summed E-state index contributed by atoms with van der Waals surface area (Å²) in [7, 11) is 0. The van der Waals surface area contributed by atoms with Crippen LogP contribution in [0.1, 0.15) is 49.0 Å². The van der Waals surface area contributed by atoms with Crippen molar-refractivity contribution in [1.29, 1.82) is 0 Å². The Bertz CT molecular complexity index is 867. The Morgan fingerprint density at radius 1 is 1.29 bits per heavy atom. The van der Waals surface area contributed by atoms with Crippen LogP contribution in [-0.2, 0) is 4.79 Å². The molecule has 1 saturated carbocycles. The van der Waals surface area contributed by atoms with Crippen LogP contribution in [0.3, 0.4) is 0 Å². The molecule has 10 heteroatoms. The molecule has 2 aromatic rings. The molecular formula is C18H24N6O2S2. The molecule has 1 aliphatic carbocycles. The fourth-order valence-corrected chi connectivity index (χ4v) is 4.95. The van der Waals surface area contributed by atoms with Crippen LogP contribution < -0.4 is 16.0 Å². The highest BCUT2D eigenvalue weighted by Crippen LogP contribution is 2.41. The Labute approximate surface area is 171 Å². The molecule has 0 unspecified atom stereocenters. The lowest BCUT2D eigenvalue weighted by Crippen LogP contribution is -2.34. The minimum absolute atomic E-state index is 0.186. The van der Waals surface area contributed by atoms with E-state index in [1.54, 1.807) is 11.4 Å². The van der Waals surface area contributed by atoms with Gasteiger partial charge in [0.25, 0.3) is 5.91 Å². The molecule has 1 saturated heterocycles. The summed E-state index contributed by atoms with van der Waals surface area (Å²) >= 11 is 2.67. The molecule has 0 radical (unpaired) electrons. The van der Waals surface area contributed by atoms with Crippen LogP contribution in [0.15, 0.2) is 16.6 Å². The quantitative estimate of drug-likeness (QED) is 0.667. The van der Waals surface area contributed by atoms with Crippen molar-refractivity contribution in [3.8, 4) is 0 Å². The molecule has 2 amide bonds. The van der Waals surface area contributed by atoms with Crippen molar-refractivity contribution < 1.29 is 9.59 Å². The van der Waals surface area contributed by atoms with Crippen molar-refractivity contribution in [2.24, 2.45) is 11.7 Å². The van der Waals surface area contributed by atoms with Gasteiger partial charge in [0.1, 0.15) is 5.00 Å². The SMILES string of the molecule is CC1CCN(c2nnc(SCC(=O)Nc3sccc3C(N)=O)n2C2CC2)CC1. The third-order valence-corrected chi connectivity index (χ3v) is 6.91. The number of nitrogens with two attached hydrogens (primary N) is 1. The molecule has 0 aromatic carbocycles. The van der Waals surface area contributed by atoms with Gasteiger partial charge in [-0.2, -0.15) is 0 Å². The number of thioether (sulfide) groups is 1. The Kier molecular flexibility index (Phi) is 5.58. The summed E-state index contributed by atoms with van der Waals surface area (Å²) in [5, 5.41) is 14.6. The van der Waals surface area contributed by atoms with Gasteiger partial charge >= 0.3 is 0 Å². The van der Waals surface area contributed by atoms with E-state index >= 15 is 0 Å². The highest BCUT2D eigenvalue weighted by molar-refractivity contribution is 7.99. The van der Waals surface area contributed by atoms with Gasteiger partial charge in [-0.25, -0.2) is 0 Å². The molecule has 0 spiro atoms. The average molecular weight is 421 g/mol. The monoisotopic (exact) mass is 420 g/mol. The summed E-state index contributed by atoms with van der Waals surface area (Å²) in [6.07, 6.45) is 4.61. The number of hydrogen-bond donors (Lipinski definition) is 2. The second kappa shape index (κ2) is 8.12. The van der Waals surface area contributed by atoms with Crippen LogP contribution in [-0.4, -0.2) is 45.4 Å². The van der Waals surface area contributed by atoms with Crippen LogP contribution >= 0.6 is 23.1 Å². The number of carbonyl (C=O) groups is 2. The third-order valence-electron chi connectivity index (χ3n) is 5.14. The van der Waals surface area contributed by atoms with E-state index in [1.165, 1.54) is 35.9 Å². The molecule has 0 atom stereocenters. The molecule has 0 bridgehead atoms. The number of aromatic nitrogens is 3. The Morgan fingerprint density at radius 2 is 2.04 bits per heavy atom. The number of piperidine rings is 1.